The van der Waals surface area contributed by atoms with Gasteiger partial charge in [-0.1, -0.05) is 42.5 Å². The third kappa shape index (κ3) is 2.38. The third-order valence-corrected chi connectivity index (χ3v) is 4.02. The van der Waals surface area contributed by atoms with Gasteiger partial charge in [-0.2, -0.15) is 5.26 Å². The van der Waals surface area contributed by atoms with Crippen molar-refractivity contribution in [2.24, 2.45) is 0 Å². The molecule has 1 atom stereocenters. The van der Waals surface area contributed by atoms with Gasteiger partial charge in [0, 0.05) is 17.6 Å². The van der Waals surface area contributed by atoms with Crippen LogP contribution in [0.4, 0.5) is 0 Å². The van der Waals surface area contributed by atoms with Crippen LogP contribution >= 0.6 is 11.6 Å². The Labute approximate surface area is 134 Å². The van der Waals surface area contributed by atoms with Gasteiger partial charge in [0.1, 0.15) is 6.04 Å². The van der Waals surface area contributed by atoms with E-state index in [1.54, 1.807) is 18.3 Å². The number of amides is 1. The van der Waals surface area contributed by atoms with E-state index in [9.17, 15) is 10.1 Å². The highest BCUT2D eigenvalue weighted by molar-refractivity contribution is 6.17. The van der Waals surface area contributed by atoms with E-state index in [0.717, 1.165) is 16.7 Å². The zero-order valence-electron chi connectivity index (χ0n) is 11.7. The van der Waals surface area contributed by atoms with Crippen LogP contribution in [0.5, 0.6) is 0 Å². The summed E-state index contributed by atoms with van der Waals surface area (Å²) in [6, 6.07) is 16.4. The largest absolute Gasteiger partial charge is 0.294 e. The molecule has 0 saturated carbocycles. The second-order valence-electron chi connectivity index (χ2n) is 4.98. The first-order valence-electron chi connectivity index (χ1n) is 6.89. The quantitative estimate of drug-likeness (QED) is 0.783. The predicted octanol–water partition coefficient (Wildman–Crippen LogP) is 4.12. The molecule has 0 radical (unpaired) electrons. The van der Waals surface area contributed by atoms with Crippen LogP contribution in [0.25, 0.3) is 6.08 Å². The normalized spacial score (nSPS) is 16.0. The Kier molecular flexibility index (Phi) is 3.95. The Morgan fingerprint density at radius 2 is 1.91 bits per heavy atom. The molecule has 1 unspecified atom stereocenters. The van der Waals surface area contributed by atoms with Crippen LogP contribution in [0.2, 0.25) is 0 Å². The summed E-state index contributed by atoms with van der Waals surface area (Å²) in [7, 11) is 0. The second-order valence-corrected chi connectivity index (χ2v) is 5.25. The number of hydrogen-bond acceptors (Lipinski definition) is 2. The van der Waals surface area contributed by atoms with Gasteiger partial charge in [0.05, 0.1) is 6.07 Å². The lowest BCUT2D eigenvalue weighted by Gasteiger charge is -2.29. The van der Waals surface area contributed by atoms with Crippen molar-refractivity contribution in [1.82, 2.24) is 4.90 Å². The van der Waals surface area contributed by atoms with Gasteiger partial charge >= 0.3 is 0 Å². The lowest BCUT2D eigenvalue weighted by atomic mass is 9.96. The predicted molar refractivity (Wildman–Crippen MR) is 86.0 cm³/mol. The van der Waals surface area contributed by atoms with Gasteiger partial charge in [-0.15, -0.1) is 11.6 Å². The highest BCUT2D eigenvalue weighted by Gasteiger charge is 2.29. The molecule has 4 heteroatoms. The zero-order valence-corrected chi connectivity index (χ0v) is 12.5. The molecular formula is C18H13ClN2O. The Morgan fingerprint density at radius 3 is 2.68 bits per heavy atom. The number of nitriles is 1. The summed E-state index contributed by atoms with van der Waals surface area (Å²) >= 11 is 5.91. The van der Waals surface area contributed by atoms with Gasteiger partial charge < -0.3 is 0 Å². The van der Waals surface area contributed by atoms with Gasteiger partial charge in [-0.3, -0.25) is 9.69 Å². The first-order valence-corrected chi connectivity index (χ1v) is 7.43. The van der Waals surface area contributed by atoms with Crippen LogP contribution in [0.3, 0.4) is 0 Å². The van der Waals surface area contributed by atoms with Gasteiger partial charge in [0.15, 0.2) is 0 Å². The van der Waals surface area contributed by atoms with Crippen LogP contribution < -0.4 is 0 Å². The fraction of sp³-hybridized carbons (Fsp3) is 0.111. The average molecular weight is 309 g/mol. The first kappa shape index (κ1) is 14.4. The number of fused-ring (bicyclic) bond motifs is 1. The Bertz CT molecular complexity index is 792. The number of carbonyl (C=O) groups excluding carboxylic acids is 1. The molecular weight excluding hydrogens is 296 g/mol. The van der Waals surface area contributed by atoms with E-state index < -0.39 is 6.04 Å². The summed E-state index contributed by atoms with van der Waals surface area (Å²) in [6.45, 7) is 0. The van der Waals surface area contributed by atoms with Crippen LogP contribution in [-0.2, 0) is 5.88 Å². The molecule has 2 aromatic carbocycles. The van der Waals surface area contributed by atoms with Crippen LogP contribution in [0, 0.1) is 11.3 Å². The lowest BCUT2D eigenvalue weighted by molar-refractivity contribution is 0.0793. The van der Waals surface area contributed by atoms with E-state index >= 15 is 0 Å². The maximum Gasteiger partial charge on any atom is 0.259 e. The Hall–Kier alpha value is -2.57. The highest BCUT2D eigenvalue weighted by atomic mass is 35.5. The van der Waals surface area contributed by atoms with Crippen molar-refractivity contribution < 1.29 is 4.79 Å². The Balaban J connectivity index is 2.03. The molecule has 1 aliphatic heterocycles. The highest BCUT2D eigenvalue weighted by Crippen LogP contribution is 2.31. The standard InChI is InChI=1S/C18H13ClN2O/c19-11-14-6-2-4-8-16(14)18(22)21-10-9-13-5-1-3-7-15(13)17(21)12-20/h1-10,17H,11H2. The summed E-state index contributed by atoms with van der Waals surface area (Å²) in [5, 5.41) is 9.53. The number of rotatable bonds is 2. The van der Waals surface area contributed by atoms with E-state index in [1.807, 2.05) is 42.5 Å². The molecule has 3 nitrogen and oxygen atoms in total. The van der Waals surface area contributed by atoms with Crippen LogP contribution in [0.15, 0.2) is 54.7 Å². The minimum absolute atomic E-state index is 0.214. The van der Waals surface area contributed by atoms with Crippen molar-refractivity contribution in [3.8, 4) is 6.07 Å². The fourth-order valence-electron chi connectivity index (χ4n) is 2.61. The van der Waals surface area contributed by atoms with E-state index in [0.29, 0.717) is 5.56 Å². The maximum absolute atomic E-state index is 12.8. The minimum Gasteiger partial charge on any atom is -0.294 e. The van der Waals surface area contributed by atoms with Crippen LogP contribution in [-0.4, -0.2) is 10.8 Å². The van der Waals surface area contributed by atoms with E-state index in [4.69, 9.17) is 11.6 Å². The minimum atomic E-state index is -0.628. The van der Waals surface area contributed by atoms with Crippen molar-refractivity contribution in [3.05, 3.63) is 77.0 Å². The molecule has 0 saturated heterocycles. The lowest BCUT2D eigenvalue weighted by Crippen LogP contribution is -2.32. The molecule has 0 aliphatic carbocycles. The van der Waals surface area contributed by atoms with Crippen LogP contribution in [0.1, 0.15) is 33.1 Å². The number of benzene rings is 2. The summed E-state index contributed by atoms with van der Waals surface area (Å²) < 4.78 is 0. The molecule has 108 valence electrons. The first-order chi connectivity index (χ1) is 10.8. The topological polar surface area (TPSA) is 44.1 Å². The number of hydrogen-bond donors (Lipinski definition) is 0. The molecule has 0 aromatic heterocycles. The summed E-state index contributed by atoms with van der Waals surface area (Å²) in [5.41, 5.74) is 3.09. The maximum atomic E-state index is 12.8. The molecule has 2 aromatic rings. The van der Waals surface area contributed by atoms with Gasteiger partial charge in [-0.05, 0) is 28.8 Å². The van der Waals surface area contributed by atoms with Crippen molar-refractivity contribution in [2.45, 2.75) is 11.9 Å². The molecule has 0 bridgehead atoms. The van der Waals surface area contributed by atoms with Gasteiger partial charge in [0.2, 0.25) is 0 Å². The second kappa shape index (κ2) is 6.05. The number of alkyl halides is 1. The smallest absolute Gasteiger partial charge is 0.259 e. The monoisotopic (exact) mass is 308 g/mol. The van der Waals surface area contributed by atoms with E-state index in [-0.39, 0.29) is 11.8 Å². The molecule has 1 amide bonds. The molecule has 1 heterocycles. The van der Waals surface area contributed by atoms with Crippen molar-refractivity contribution in [3.63, 3.8) is 0 Å². The van der Waals surface area contributed by atoms with Gasteiger partial charge in [0.25, 0.3) is 5.91 Å². The fourth-order valence-corrected chi connectivity index (χ4v) is 2.84. The van der Waals surface area contributed by atoms with E-state index in [2.05, 4.69) is 6.07 Å². The molecule has 1 aliphatic rings. The number of nitrogens with zero attached hydrogens (tertiary/aromatic N) is 2. The molecule has 0 spiro atoms. The summed E-state index contributed by atoms with van der Waals surface area (Å²) in [5.74, 6) is 0.0429. The zero-order chi connectivity index (χ0) is 15.5. The average Bonchev–Trinajstić information content (AvgIpc) is 2.60. The molecule has 0 fully saturated rings. The Morgan fingerprint density at radius 1 is 1.18 bits per heavy atom. The molecule has 22 heavy (non-hydrogen) atoms. The van der Waals surface area contributed by atoms with Gasteiger partial charge in [-0.25, -0.2) is 0 Å². The van der Waals surface area contributed by atoms with E-state index in [1.165, 1.54) is 4.90 Å². The SMILES string of the molecule is N#CC1c2ccccc2C=CN1C(=O)c1ccccc1CCl. The summed E-state index contributed by atoms with van der Waals surface area (Å²) in [6.07, 6.45) is 3.52. The third-order valence-electron chi connectivity index (χ3n) is 3.73. The summed E-state index contributed by atoms with van der Waals surface area (Å²) in [4.78, 5) is 14.3. The molecule has 0 N–H and O–H groups in total. The van der Waals surface area contributed by atoms with Crippen molar-refractivity contribution in [1.29, 1.82) is 5.26 Å². The molecule has 3 rings (SSSR count). The van der Waals surface area contributed by atoms with Crippen molar-refractivity contribution in [2.75, 3.05) is 0 Å². The van der Waals surface area contributed by atoms with Crippen molar-refractivity contribution >= 4 is 23.6 Å². The number of carbonyl (C=O) groups is 1. The number of halogens is 1.